The zero-order chi connectivity index (χ0) is 16.1. The maximum Gasteiger partial charge on any atom is 0.214 e. The first kappa shape index (κ1) is 15.1. The van der Waals surface area contributed by atoms with Gasteiger partial charge in [-0.3, -0.25) is 0 Å². The van der Waals surface area contributed by atoms with E-state index < -0.39 is 0 Å². The molecule has 0 spiro atoms. The lowest BCUT2D eigenvalue weighted by Crippen LogP contribution is -1.98. The molecule has 1 aromatic heterocycles. The number of aryl methyl sites for hydroxylation is 1. The van der Waals surface area contributed by atoms with Crippen molar-refractivity contribution in [3.63, 3.8) is 0 Å². The van der Waals surface area contributed by atoms with Crippen LogP contribution in [-0.2, 0) is 6.61 Å². The summed E-state index contributed by atoms with van der Waals surface area (Å²) in [6.07, 6.45) is 0. The van der Waals surface area contributed by atoms with Crippen LogP contribution in [0.1, 0.15) is 11.1 Å². The Morgan fingerprint density at radius 2 is 1.74 bits per heavy atom. The maximum atomic E-state index is 5.80. The zero-order valence-electron chi connectivity index (χ0n) is 13.3. The second-order valence-corrected chi connectivity index (χ2v) is 5.32. The first-order chi connectivity index (χ1) is 11.3. The third-order valence-electron chi connectivity index (χ3n) is 3.66. The van der Waals surface area contributed by atoms with Gasteiger partial charge < -0.3 is 9.47 Å². The summed E-state index contributed by atoms with van der Waals surface area (Å²) in [4.78, 5) is 4.61. The highest BCUT2D eigenvalue weighted by molar-refractivity contribution is 5.65. The number of methoxy groups -OCH3 is 1. The van der Waals surface area contributed by atoms with E-state index in [0.29, 0.717) is 12.5 Å². The highest BCUT2D eigenvalue weighted by Gasteiger charge is 2.06. The average molecular weight is 305 g/mol. The fourth-order valence-corrected chi connectivity index (χ4v) is 2.43. The number of hydrogen-bond acceptors (Lipinski definition) is 3. The van der Waals surface area contributed by atoms with E-state index in [2.05, 4.69) is 11.9 Å². The zero-order valence-corrected chi connectivity index (χ0v) is 13.3. The largest absolute Gasteiger partial charge is 0.497 e. The number of pyridine rings is 1. The second-order valence-electron chi connectivity index (χ2n) is 5.32. The lowest BCUT2D eigenvalue weighted by atomic mass is 10.0. The molecule has 3 rings (SSSR count). The van der Waals surface area contributed by atoms with E-state index in [1.54, 1.807) is 7.11 Å². The Bertz CT molecular complexity index is 785. The molecule has 23 heavy (non-hydrogen) atoms. The van der Waals surface area contributed by atoms with E-state index in [1.807, 2.05) is 66.7 Å². The Morgan fingerprint density at radius 1 is 0.913 bits per heavy atom. The number of nitrogens with zero attached hydrogens (tertiary/aromatic N) is 1. The normalized spacial score (nSPS) is 10.3. The number of hydrogen-bond donors (Lipinski definition) is 0. The van der Waals surface area contributed by atoms with Gasteiger partial charge in [-0.1, -0.05) is 36.4 Å². The van der Waals surface area contributed by atoms with Crippen LogP contribution in [0.3, 0.4) is 0 Å². The van der Waals surface area contributed by atoms with E-state index in [-0.39, 0.29) is 0 Å². The lowest BCUT2D eigenvalue weighted by Gasteiger charge is -2.10. The van der Waals surface area contributed by atoms with Gasteiger partial charge in [0.05, 0.1) is 12.8 Å². The molecule has 0 atom stereocenters. The molecule has 0 amide bonds. The van der Waals surface area contributed by atoms with Gasteiger partial charge in [0, 0.05) is 11.6 Å². The van der Waals surface area contributed by atoms with Crippen LogP contribution in [0, 0.1) is 6.92 Å². The van der Waals surface area contributed by atoms with Crippen molar-refractivity contribution < 1.29 is 9.47 Å². The van der Waals surface area contributed by atoms with Gasteiger partial charge in [0.15, 0.2) is 0 Å². The Hall–Kier alpha value is -2.81. The maximum absolute atomic E-state index is 5.80. The lowest BCUT2D eigenvalue weighted by molar-refractivity contribution is 0.294. The molecule has 0 aliphatic carbocycles. The van der Waals surface area contributed by atoms with Crippen molar-refractivity contribution >= 4 is 0 Å². The van der Waals surface area contributed by atoms with Crippen molar-refractivity contribution in [1.82, 2.24) is 4.98 Å². The van der Waals surface area contributed by atoms with Gasteiger partial charge in [-0.15, -0.1) is 0 Å². The third-order valence-corrected chi connectivity index (χ3v) is 3.66. The molecule has 0 unspecified atom stereocenters. The van der Waals surface area contributed by atoms with Crippen LogP contribution in [0.5, 0.6) is 11.6 Å². The quantitative estimate of drug-likeness (QED) is 0.688. The predicted octanol–water partition coefficient (Wildman–Crippen LogP) is 4.64. The molecule has 0 N–H and O–H groups in total. The molecule has 2 aromatic carbocycles. The molecule has 0 bridgehead atoms. The first-order valence-corrected chi connectivity index (χ1v) is 7.55. The Kier molecular flexibility index (Phi) is 4.57. The summed E-state index contributed by atoms with van der Waals surface area (Å²) in [7, 11) is 1.67. The molecule has 0 aliphatic rings. The van der Waals surface area contributed by atoms with Crippen LogP contribution in [0.4, 0.5) is 0 Å². The fraction of sp³-hybridized carbons (Fsp3) is 0.150. The van der Waals surface area contributed by atoms with Gasteiger partial charge in [0.2, 0.25) is 5.88 Å². The van der Waals surface area contributed by atoms with Gasteiger partial charge >= 0.3 is 0 Å². The van der Waals surface area contributed by atoms with Crippen LogP contribution in [-0.4, -0.2) is 12.1 Å². The van der Waals surface area contributed by atoms with E-state index in [4.69, 9.17) is 9.47 Å². The third kappa shape index (κ3) is 3.69. The van der Waals surface area contributed by atoms with Crippen LogP contribution in [0.15, 0.2) is 66.7 Å². The topological polar surface area (TPSA) is 31.4 Å². The molecule has 116 valence electrons. The van der Waals surface area contributed by atoms with E-state index >= 15 is 0 Å². The highest BCUT2D eigenvalue weighted by Crippen LogP contribution is 2.26. The molecule has 0 radical (unpaired) electrons. The molecule has 3 heteroatoms. The van der Waals surface area contributed by atoms with Crippen molar-refractivity contribution in [3.05, 3.63) is 77.9 Å². The van der Waals surface area contributed by atoms with Crippen molar-refractivity contribution in [1.29, 1.82) is 0 Å². The van der Waals surface area contributed by atoms with E-state index in [9.17, 15) is 0 Å². The van der Waals surface area contributed by atoms with Crippen LogP contribution in [0.25, 0.3) is 11.3 Å². The van der Waals surface area contributed by atoms with Crippen molar-refractivity contribution in [3.8, 4) is 22.9 Å². The molecule has 3 nitrogen and oxygen atoms in total. The summed E-state index contributed by atoms with van der Waals surface area (Å²) < 4.78 is 11.1. The molecule has 1 heterocycles. The first-order valence-electron chi connectivity index (χ1n) is 7.55. The molecule has 0 fully saturated rings. The second kappa shape index (κ2) is 6.97. The summed E-state index contributed by atoms with van der Waals surface area (Å²) in [6, 6.07) is 21.9. The number of aromatic nitrogens is 1. The van der Waals surface area contributed by atoms with Crippen LogP contribution in [0.2, 0.25) is 0 Å². The Morgan fingerprint density at radius 3 is 2.48 bits per heavy atom. The van der Waals surface area contributed by atoms with Gasteiger partial charge in [-0.25, -0.2) is 4.98 Å². The summed E-state index contributed by atoms with van der Waals surface area (Å²) in [6.45, 7) is 2.57. The molecule has 3 aromatic rings. The Balaban J connectivity index is 1.80. The predicted molar refractivity (Wildman–Crippen MR) is 91.7 cm³/mol. The molecule has 0 aliphatic heterocycles. The van der Waals surface area contributed by atoms with Crippen molar-refractivity contribution in [2.45, 2.75) is 13.5 Å². The minimum absolute atomic E-state index is 0.513. The van der Waals surface area contributed by atoms with E-state index in [1.165, 1.54) is 0 Å². The van der Waals surface area contributed by atoms with Crippen LogP contribution < -0.4 is 9.47 Å². The monoisotopic (exact) mass is 305 g/mol. The smallest absolute Gasteiger partial charge is 0.214 e. The minimum Gasteiger partial charge on any atom is -0.497 e. The van der Waals surface area contributed by atoms with Gasteiger partial charge in [0.25, 0.3) is 0 Å². The summed E-state index contributed by atoms with van der Waals surface area (Å²) in [5.41, 5.74) is 4.23. The molecule has 0 saturated carbocycles. The van der Waals surface area contributed by atoms with Crippen LogP contribution >= 0.6 is 0 Å². The van der Waals surface area contributed by atoms with Crippen molar-refractivity contribution in [2.75, 3.05) is 7.11 Å². The summed E-state index contributed by atoms with van der Waals surface area (Å²) in [5, 5.41) is 0. The molecule has 0 saturated heterocycles. The van der Waals surface area contributed by atoms with Crippen molar-refractivity contribution in [2.24, 2.45) is 0 Å². The minimum atomic E-state index is 0.513. The highest BCUT2D eigenvalue weighted by atomic mass is 16.5. The van der Waals surface area contributed by atoms with Gasteiger partial charge in [0.1, 0.15) is 12.4 Å². The number of benzene rings is 2. The number of rotatable bonds is 5. The van der Waals surface area contributed by atoms with E-state index in [0.717, 1.165) is 28.1 Å². The van der Waals surface area contributed by atoms with Gasteiger partial charge in [-0.2, -0.15) is 0 Å². The number of ether oxygens (including phenoxy) is 2. The molecular formula is C20H19NO2. The summed E-state index contributed by atoms with van der Waals surface area (Å²) >= 11 is 0. The molecular weight excluding hydrogens is 286 g/mol. The SMILES string of the molecule is COc1ccc(-c2cccc(OCc3ccccc3)n2)c(C)c1. The standard InChI is InChI=1S/C20H19NO2/c1-15-13-17(22-2)11-12-18(15)19-9-6-10-20(21-19)23-14-16-7-4-3-5-8-16/h3-13H,14H2,1-2H3. The average Bonchev–Trinajstić information content (AvgIpc) is 2.61. The summed E-state index contributed by atoms with van der Waals surface area (Å²) in [5.74, 6) is 1.48. The fourth-order valence-electron chi connectivity index (χ4n) is 2.43. The Labute approximate surface area is 136 Å². The van der Waals surface area contributed by atoms with Gasteiger partial charge in [-0.05, 0) is 42.3 Å².